The summed E-state index contributed by atoms with van der Waals surface area (Å²) in [6.45, 7) is 3.85. The second kappa shape index (κ2) is 6.44. The molecule has 3 aromatic rings. The van der Waals surface area contributed by atoms with Gasteiger partial charge in [-0.2, -0.15) is 0 Å². The number of aromatic nitrogens is 3. The van der Waals surface area contributed by atoms with E-state index in [9.17, 15) is 9.90 Å². The number of amides is 1. The lowest BCUT2D eigenvalue weighted by Crippen LogP contribution is -2.23. The second-order valence-electron chi connectivity index (χ2n) is 8.02. The van der Waals surface area contributed by atoms with Crippen molar-refractivity contribution in [2.45, 2.75) is 64.1 Å². The molecule has 7 heteroatoms. The number of aryl methyl sites for hydroxylation is 2. The van der Waals surface area contributed by atoms with Crippen LogP contribution in [0.3, 0.4) is 0 Å². The van der Waals surface area contributed by atoms with E-state index in [1.165, 1.54) is 0 Å². The van der Waals surface area contributed by atoms with Crippen molar-refractivity contribution < 1.29 is 14.4 Å². The van der Waals surface area contributed by atoms with Gasteiger partial charge in [0.15, 0.2) is 0 Å². The Morgan fingerprint density at radius 1 is 1.25 bits per heavy atom. The lowest BCUT2D eigenvalue weighted by atomic mass is 10.0. The van der Waals surface area contributed by atoms with Crippen molar-refractivity contribution >= 4 is 16.9 Å². The predicted molar refractivity (Wildman–Crippen MR) is 104 cm³/mol. The van der Waals surface area contributed by atoms with Crippen molar-refractivity contribution in [1.29, 1.82) is 0 Å². The largest absolute Gasteiger partial charge is 0.393 e. The van der Waals surface area contributed by atoms with E-state index < -0.39 is 0 Å². The van der Waals surface area contributed by atoms with E-state index in [0.717, 1.165) is 65.1 Å². The number of benzene rings is 1. The number of nitrogens with one attached hydrogen (secondary N) is 1. The van der Waals surface area contributed by atoms with E-state index in [4.69, 9.17) is 9.51 Å². The van der Waals surface area contributed by atoms with Gasteiger partial charge in [0.1, 0.15) is 11.6 Å². The highest BCUT2D eigenvalue weighted by Crippen LogP contribution is 2.38. The highest BCUT2D eigenvalue weighted by Gasteiger charge is 2.33. The average molecular weight is 380 g/mol. The molecule has 2 aliphatic rings. The molecule has 2 aromatic heterocycles. The molecule has 0 spiro atoms. The Morgan fingerprint density at radius 3 is 2.75 bits per heavy atom. The summed E-state index contributed by atoms with van der Waals surface area (Å²) >= 11 is 0. The van der Waals surface area contributed by atoms with Crippen LogP contribution in [0, 0.1) is 13.8 Å². The Hall–Kier alpha value is -2.67. The normalized spacial score (nSPS) is 25.0. The molecule has 146 valence electrons. The summed E-state index contributed by atoms with van der Waals surface area (Å²) in [4.78, 5) is 16.7. The Kier molecular flexibility index (Phi) is 4.01. The number of imidazole rings is 1. The molecule has 1 saturated carbocycles. The first kappa shape index (κ1) is 17.4. The van der Waals surface area contributed by atoms with Crippen LogP contribution >= 0.6 is 0 Å². The van der Waals surface area contributed by atoms with Gasteiger partial charge in [-0.3, -0.25) is 4.79 Å². The number of carbonyl (C=O) groups excluding carboxylic acids is 1. The number of carbonyl (C=O) groups is 1. The van der Waals surface area contributed by atoms with Gasteiger partial charge in [-0.1, -0.05) is 11.2 Å². The number of aliphatic hydroxyl groups excluding tert-OH is 1. The summed E-state index contributed by atoms with van der Waals surface area (Å²) < 4.78 is 7.57. The summed E-state index contributed by atoms with van der Waals surface area (Å²) in [6.07, 6.45) is 3.48. The zero-order valence-electron chi connectivity index (χ0n) is 16.1. The van der Waals surface area contributed by atoms with Crippen molar-refractivity contribution in [2.75, 3.05) is 0 Å². The second-order valence-corrected chi connectivity index (χ2v) is 8.02. The molecule has 28 heavy (non-hydrogen) atoms. The van der Waals surface area contributed by atoms with E-state index in [1.807, 2.05) is 13.8 Å². The summed E-state index contributed by atoms with van der Waals surface area (Å²) in [5, 5.41) is 17.2. The van der Waals surface area contributed by atoms with Gasteiger partial charge in [-0.05, 0) is 57.2 Å². The third-order valence-electron chi connectivity index (χ3n) is 6.09. The molecule has 1 saturated heterocycles. The number of hydrogen-bond donors (Lipinski definition) is 2. The molecule has 5 rings (SSSR count). The van der Waals surface area contributed by atoms with E-state index in [2.05, 4.69) is 33.2 Å². The number of nitrogens with zero attached hydrogens (tertiary/aromatic N) is 3. The maximum absolute atomic E-state index is 11.8. The highest BCUT2D eigenvalue weighted by molar-refractivity contribution is 5.84. The Morgan fingerprint density at radius 2 is 2.11 bits per heavy atom. The summed E-state index contributed by atoms with van der Waals surface area (Å²) in [7, 11) is 0. The molecule has 7 nitrogen and oxygen atoms in total. The van der Waals surface area contributed by atoms with Gasteiger partial charge in [0, 0.05) is 18.0 Å². The number of aliphatic hydroxyl groups is 1. The molecule has 1 aliphatic carbocycles. The van der Waals surface area contributed by atoms with Crippen LogP contribution in [0.25, 0.3) is 22.2 Å². The molecule has 1 aromatic carbocycles. The van der Waals surface area contributed by atoms with E-state index in [1.54, 1.807) is 0 Å². The first-order valence-corrected chi connectivity index (χ1v) is 9.94. The Balaban J connectivity index is 1.65. The van der Waals surface area contributed by atoms with E-state index in [0.29, 0.717) is 6.42 Å². The van der Waals surface area contributed by atoms with Crippen LogP contribution in [-0.4, -0.2) is 31.8 Å². The minimum atomic E-state index is -0.268. The van der Waals surface area contributed by atoms with Crippen molar-refractivity contribution in [3.8, 4) is 11.1 Å². The van der Waals surface area contributed by atoms with Crippen LogP contribution in [0.4, 0.5) is 0 Å². The van der Waals surface area contributed by atoms with Crippen LogP contribution < -0.4 is 5.32 Å². The number of fused-ring (bicyclic) bond motifs is 1. The zero-order valence-corrected chi connectivity index (χ0v) is 16.1. The third kappa shape index (κ3) is 2.73. The van der Waals surface area contributed by atoms with Crippen LogP contribution in [0.5, 0.6) is 0 Å². The summed E-state index contributed by atoms with van der Waals surface area (Å²) in [5.41, 5.74) is 4.84. The Labute approximate surface area is 162 Å². The standard InChI is InChI=1S/C21H24N4O3/c1-11-20(12(2)28-24-11)13-3-7-18-17(9-13)23-21(16-6-8-19(27)22-16)25(18)14-4-5-15(26)10-14/h3,7,9,14-16,26H,4-6,8,10H2,1-2H3,(H,22,27)/t14-,15-,16+/m1/s1. The Bertz CT molecular complexity index is 1050. The van der Waals surface area contributed by atoms with Gasteiger partial charge >= 0.3 is 0 Å². The molecule has 0 unspecified atom stereocenters. The fraction of sp³-hybridized carbons (Fsp3) is 0.476. The lowest BCUT2D eigenvalue weighted by Gasteiger charge is -2.19. The fourth-order valence-corrected chi connectivity index (χ4v) is 4.77. The fourth-order valence-electron chi connectivity index (χ4n) is 4.77. The first-order valence-electron chi connectivity index (χ1n) is 9.94. The number of hydrogen-bond acceptors (Lipinski definition) is 5. The molecule has 3 heterocycles. The quantitative estimate of drug-likeness (QED) is 0.727. The van der Waals surface area contributed by atoms with Crippen molar-refractivity contribution in [2.24, 2.45) is 0 Å². The first-order chi connectivity index (χ1) is 13.5. The van der Waals surface area contributed by atoms with E-state index in [-0.39, 0.29) is 24.1 Å². The van der Waals surface area contributed by atoms with Gasteiger partial charge in [0.25, 0.3) is 0 Å². The predicted octanol–water partition coefficient (Wildman–Crippen LogP) is 3.35. The average Bonchev–Trinajstić information content (AvgIpc) is 3.42. The molecule has 2 fully saturated rings. The van der Waals surface area contributed by atoms with Gasteiger partial charge in [0.05, 0.1) is 28.9 Å². The van der Waals surface area contributed by atoms with Gasteiger partial charge < -0.3 is 19.5 Å². The monoisotopic (exact) mass is 380 g/mol. The smallest absolute Gasteiger partial charge is 0.220 e. The maximum atomic E-state index is 11.8. The molecule has 0 radical (unpaired) electrons. The molecule has 3 atom stereocenters. The lowest BCUT2D eigenvalue weighted by molar-refractivity contribution is -0.119. The molecular formula is C21H24N4O3. The van der Waals surface area contributed by atoms with Crippen LogP contribution in [0.1, 0.15) is 61.5 Å². The zero-order chi connectivity index (χ0) is 19.4. The van der Waals surface area contributed by atoms with Crippen molar-refractivity contribution in [3.63, 3.8) is 0 Å². The molecule has 1 amide bonds. The van der Waals surface area contributed by atoms with Gasteiger partial charge in [-0.15, -0.1) is 0 Å². The minimum Gasteiger partial charge on any atom is -0.393 e. The van der Waals surface area contributed by atoms with Crippen molar-refractivity contribution in [1.82, 2.24) is 20.0 Å². The SMILES string of the molecule is Cc1noc(C)c1-c1ccc2c(c1)nc([C@@H]1CCC(=O)N1)n2[C@@H]1CC[C@@H](O)C1. The van der Waals surface area contributed by atoms with Gasteiger partial charge in [-0.25, -0.2) is 4.98 Å². The topological polar surface area (TPSA) is 93.2 Å². The van der Waals surface area contributed by atoms with E-state index >= 15 is 0 Å². The molecule has 1 aliphatic heterocycles. The third-order valence-corrected chi connectivity index (χ3v) is 6.09. The van der Waals surface area contributed by atoms with Gasteiger partial charge in [0.2, 0.25) is 5.91 Å². The van der Waals surface area contributed by atoms with Crippen LogP contribution in [0.2, 0.25) is 0 Å². The molecule has 0 bridgehead atoms. The molecule has 2 N–H and O–H groups in total. The highest BCUT2D eigenvalue weighted by atomic mass is 16.5. The molecular weight excluding hydrogens is 356 g/mol. The van der Waals surface area contributed by atoms with Crippen molar-refractivity contribution in [3.05, 3.63) is 35.5 Å². The van der Waals surface area contributed by atoms with Crippen LogP contribution in [-0.2, 0) is 4.79 Å². The number of rotatable bonds is 3. The maximum Gasteiger partial charge on any atom is 0.220 e. The minimum absolute atomic E-state index is 0.0693. The van der Waals surface area contributed by atoms with Crippen LogP contribution in [0.15, 0.2) is 22.7 Å². The summed E-state index contributed by atoms with van der Waals surface area (Å²) in [6, 6.07) is 6.38. The summed E-state index contributed by atoms with van der Waals surface area (Å²) in [5.74, 6) is 1.76.